The SMILES string of the molecule is CC(=O)NCC(=O)Nc1nccc(Cl)n1. The first kappa shape index (κ1) is 11.4. The highest BCUT2D eigenvalue weighted by Crippen LogP contribution is 2.04. The molecule has 2 amide bonds. The van der Waals surface area contributed by atoms with Crippen LogP contribution in [0.5, 0.6) is 0 Å². The Kier molecular flexibility index (Phi) is 3.99. The van der Waals surface area contributed by atoms with Gasteiger partial charge in [0.25, 0.3) is 0 Å². The second-order valence-electron chi connectivity index (χ2n) is 2.66. The molecule has 1 heterocycles. The minimum Gasteiger partial charge on any atom is -0.347 e. The standard InChI is InChI=1S/C8H9ClN4O2/c1-5(14)11-4-7(15)13-8-10-3-2-6(9)12-8/h2-3H,4H2,1H3,(H,11,14)(H,10,12,13,15). The van der Waals surface area contributed by atoms with Gasteiger partial charge < -0.3 is 5.32 Å². The van der Waals surface area contributed by atoms with Crippen LogP contribution in [0.25, 0.3) is 0 Å². The molecule has 0 saturated heterocycles. The van der Waals surface area contributed by atoms with Crippen molar-refractivity contribution in [1.29, 1.82) is 0 Å². The first-order valence-electron chi connectivity index (χ1n) is 4.11. The Hall–Kier alpha value is -1.69. The second kappa shape index (κ2) is 5.26. The van der Waals surface area contributed by atoms with E-state index < -0.39 is 5.91 Å². The lowest BCUT2D eigenvalue weighted by Crippen LogP contribution is -2.31. The molecule has 0 fully saturated rings. The largest absolute Gasteiger partial charge is 0.347 e. The molecule has 0 unspecified atom stereocenters. The van der Waals surface area contributed by atoms with E-state index in [1.807, 2.05) is 0 Å². The van der Waals surface area contributed by atoms with Gasteiger partial charge in [-0.2, -0.15) is 0 Å². The van der Waals surface area contributed by atoms with Crippen LogP contribution in [0.4, 0.5) is 5.95 Å². The lowest BCUT2D eigenvalue weighted by atomic mass is 10.5. The van der Waals surface area contributed by atoms with E-state index in [1.165, 1.54) is 19.2 Å². The van der Waals surface area contributed by atoms with Crippen LogP contribution < -0.4 is 10.6 Å². The number of aromatic nitrogens is 2. The van der Waals surface area contributed by atoms with E-state index in [0.717, 1.165) is 0 Å². The third-order valence-corrected chi connectivity index (χ3v) is 1.58. The lowest BCUT2D eigenvalue weighted by Gasteiger charge is -2.03. The van der Waals surface area contributed by atoms with Crippen molar-refractivity contribution in [3.63, 3.8) is 0 Å². The number of amides is 2. The highest BCUT2D eigenvalue weighted by molar-refractivity contribution is 6.29. The Bertz CT molecular complexity index is 383. The number of anilines is 1. The monoisotopic (exact) mass is 228 g/mol. The highest BCUT2D eigenvalue weighted by Gasteiger charge is 2.04. The molecule has 6 nitrogen and oxygen atoms in total. The van der Waals surface area contributed by atoms with Crippen LogP contribution in [0.2, 0.25) is 5.15 Å². The van der Waals surface area contributed by atoms with Crippen molar-refractivity contribution < 1.29 is 9.59 Å². The van der Waals surface area contributed by atoms with Crippen molar-refractivity contribution in [3.05, 3.63) is 17.4 Å². The molecule has 0 aromatic carbocycles. The van der Waals surface area contributed by atoms with Crippen molar-refractivity contribution in [2.75, 3.05) is 11.9 Å². The number of nitrogens with one attached hydrogen (secondary N) is 2. The molecular weight excluding hydrogens is 220 g/mol. The van der Waals surface area contributed by atoms with Gasteiger partial charge in [-0.1, -0.05) is 11.6 Å². The molecule has 1 aromatic rings. The number of nitrogens with zero attached hydrogens (tertiary/aromatic N) is 2. The Morgan fingerprint density at radius 1 is 1.53 bits per heavy atom. The molecule has 15 heavy (non-hydrogen) atoms. The molecule has 2 N–H and O–H groups in total. The minimum atomic E-state index is -0.410. The van der Waals surface area contributed by atoms with E-state index >= 15 is 0 Å². The van der Waals surface area contributed by atoms with Gasteiger partial charge in [0.2, 0.25) is 17.8 Å². The van der Waals surface area contributed by atoms with Gasteiger partial charge in [0.05, 0.1) is 6.54 Å². The molecule has 0 saturated carbocycles. The number of carbonyl (C=O) groups is 2. The molecule has 0 aliphatic heterocycles. The maximum absolute atomic E-state index is 11.2. The fourth-order valence-electron chi connectivity index (χ4n) is 0.771. The Morgan fingerprint density at radius 2 is 2.27 bits per heavy atom. The van der Waals surface area contributed by atoms with Gasteiger partial charge in [0.1, 0.15) is 5.15 Å². The normalized spacial score (nSPS) is 9.47. The molecule has 1 aromatic heterocycles. The molecule has 0 atom stereocenters. The maximum Gasteiger partial charge on any atom is 0.246 e. The number of rotatable bonds is 3. The van der Waals surface area contributed by atoms with Crippen molar-refractivity contribution >= 4 is 29.4 Å². The number of hydrogen-bond donors (Lipinski definition) is 2. The van der Waals surface area contributed by atoms with Gasteiger partial charge in [-0.05, 0) is 6.07 Å². The van der Waals surface area contributed by atoms with E-state index in [2.05, 4.69) is 20.6 Å². The summed E-state index contributed by atoms with van der Waals surface area (Å²) in [6.45, 7) is 1.20. The van der Waals surface area contributed by atoms with Crippen LogP contribution in [0.1, 0.15) is 6.92 Å². The predicted octanol–water partition coefficient (Wildman–Crippen LogP) is 0.205. The van der Waals surface area contributed by atoms with Crippen molar-refractivity contribution in [1.82, 2.24) is 15.3 Å². The third-order valence-electron chi connectivity index (χ3n) is 1.37. The quantitative estimate of drug-likeness (QED) is 0.724. The summed E-state index contributed by atoms with van der Waals surface area (Å²) in [5.41, 5.74) is 0. The van der Waals surface area contributed by atoms with Crippen LogP contribution >= 0.6 is 11.6 Å². The van der Waals surface area contributed by atoms with Crippen LogP contribution in [0.3, 0.4) is 0 Å². The zero-order valence-corrected chi connectivity index (χ0v) is 8.71. The minimum absolute atomic E-state index is 0.109. The second-order valence-corrected chi connectivity index (χ2v) is 3.05. The van der Waals surface area contributed by atoms with Gasteiger partial charge in [0, 0.05) is 13.1 Å². The van der Waals surface area contributed by atoms with Gasteiger partial charge in [-0.3, -0.25) is 14.9 Å². The summed E-state index contributed by atoms with van der Waals surface area (Å²) in [6, 6.07) is 1.49. The summed E-state index contributed by atoms with van der Waals surface area (Å²) in [7, 11) is 0. The highest BCUT2D eigenvalue weighted by atomic mass is 35.5. The van der Waals surface area contributed by atoms with Crippen LogP contribution in [-0.4, -0.2) is 28.3 Å². The fourth-order valence-corrected chi connectivity index (χ4v) is 0.907. The summed E-state index contributed by atoms with van der Waals surface area (Å²) in [5.74, 6) is -0.581. The van der Waals surface area contributed by atoms with Gasteiger partial charge in [-0.25, -0.2) is 9.97 Å². The van der Waals surface area contributed by atoms with Gasteiger partial charge in [0.15, 0.2) is 0 Å². The van der Waals surface area contributed by atoms with Crippen LogP contribution in [0.15, 0.2) is 12.3 Å². The number of halogens is 1. The summed E-state index contributed by atoms with van der Waals surface area (Å²) in [4.78, 5) is 29.2. The van der Waals surface area contributed by atoms with Gasteiger partial charge in [-0.15, -0.1) is 0 Å². The zero-order valence-electron chi connectivity index (χ0n) is 7.95. The van der Waals surface area contributed by atoms with Crippen LogP contribution in [0, 0.1) is 0 Å². The van der Waals surface area contributed by atoms with Crippen molar-refractivity contribution in [3.8, 4) is 0 Å². The average Bonchev–Trinajstić information content (AvgIpc) is 2.15. The summed E-state index contributed by atoms with van der Waals surface area (Å²) < 4.78 is 0. The maximum atomic E-state index is 11.2. The predicted molar refractivity (Wildman–Crippen MR) is 54.4 cm³/mol. The molecule has 80 valence electrons. The Labute approximate surface area is 91.1 Å². The zero-order chi connectivity index (χ0) is 11.3. The van der Waals surface area contributed by atoms with Crippen LogP contribution in [-0.2, 0) is 9.59 Å². The van der Waals surface area contributed by atoms with E-state index in [4.69, 9.17) is 11.6 Å². The summed E-state index contributed by atoms with van der Waals surface area (Å²) >= 11 is 5.58. The molecular formula is C8H9ClN4O2. The molecule has 0 aliphatic rings. The molecule has 0 bridgehead atoms. The molecule has 7 heteroatoms. The average molecular weight is 229 g/mol. The molecule has 0 spiro atoms. The Morgan fingerprint density at radius 3 is 2.87 bits per heavy atom. The van der Waals surface area contributed by atoms with E-state index in [0.29, 0.717) is 0 Å². The summed E-state index contributed by atoms with van der Waals surface area (Å²) in [5, 5.41) is 4.95. The first-order valence-corrected chi connectivity index (χ1v) is 4.48. The Balaban J connectivity index is 2.48. The molecule has 1 rings (SSSR count). The van der Waals surface area contributed by atoms with E-state index in [9.17, 15) is 9.59 Å². The lowest BCUT2D eigenvalue weighted by molar-refractivity contribution is -0.122. The molecule has 0 aliphatic carbocycles. The number of hydrogen-bond acceptors (Lipinski definition) is 4. The fraction of sp³-hybridized carbons (Fsp3) is 0.250. The molecule has 0 radical (unpaired) electrons. The number of carbonyl (C=O) groups excluding carboxylic acids is 2. The van der Waals surface area contributed by atoms with E-state index in [1.54, 1.807) is 0 Å². The topological polar surface area (TPSA) is 84.0 Å². The first-order chi connectivity index (χ1) is 7.08. The van der Waals surface area contributed by atoms with Gasteiger partial charge >= 0.3 is 0 Å². The van der Waals surface area contributed by atoms with E-state index in [-0.39, 0.29) is 23.6 Å². The summed E-state index contributed by atoms with van der Waals surface area (Å²) in [6.07, 6.45) is 1.42. The smallest absolute Gasteiger partial charge is 0.246 e. The third kappa shape index (κ3) is 4.37. The van der Waals surface area contributed by atoms with Crippen molar-refractivity contribution in [2.45, 2.75) is 6.92 Å². The van der Waals surface area contributed by atoms with Crippen molar-refractivity contribution in [2.24, 2.45) is 0 Å².